The number of rotatable bonds is 10. The van der Waals surface area contributed by atoms with Gasteiger partial charge in [0.25, 0.3) is 0 Å². The molecule has 1 heterocycles. The molecule has 1 aromatic heterocycles. The minimum atomic E-state index is -0.976. The SMILES string of the molecule is Cc1c(O)[nH]c(O)c1C(=O)[C@@H](NC(=O)C[C@H](NC(=O)OC(C)(C)C)c1ccc(OC(C)C)cc1)C(C)C. The highest BCUT2D eigenvalue weighted by Gasteiger charge is 2.32. The molecule has 10 nitrogen and oxygen atoms in total. The van der Waals surface area contributed by atoms with E-state index in [1.165, 1.54) is 6.92 Å². The third-order valence-corrected chi connectivity index (χ3v) is 5.45. The van der Waals surface area contributed by atoms with Crippen molar-refractivity contribution >= 4 is 17.8 Å². The average molecular weight is 518 g/mol. The molecule has 5 N–H and O–H groups in total. The van der Waals surface area contributed by atoms with E-state index >= 15 is 0 Å². The Balaban J connectivity index is 2.26. The van der Waals surface area contributed by atoms with Crippen molar-refractivity contribution in [2.75, 3.05) is 0 Å². The number of H-pyrrole nitrogens is 1. The number of Topliss-reactive ketones (excluding diaryl/α,β-unsaturated/α-hetero) is 1. The molecule has 2 aromatic rings. The Morgan fingerprint density at radius 1 is 0.973 bits per heavy atom. The molecule has 37 heavy (non-hydrogen) atoms. The van der Waals surface area contributed by atoms with Crippen LogP contribution < -0.4 is 15.4 Å². The van der Waals surface area contributed by atoms with Crippen LogP contribution in [0.5, 0.6) is 17.5 Å². The molecule has 0 spiro atoms. The number of ether oxygens (including phenoxy) is 2. The van der Waals surface area contributed by atoms with Crippen molar-refractivity contribution in [2.24, 2.45) is 5.92 Å². The van der Waals surface area contributed by atoms with Gasteiger partial charge in [-0.15, -0.1) is 0 Å². The van der Waals surface area contributed by atoms with E-state index < -0.39 is 41.3 Å². The highest BCUT2D eigenvalue weighted by molar-refractivity contribution is 6.05. The summed E-state index contributed by atoms with van der Waals surface area (Å²) in [6.07, 6.45) is -0.876. The molecule has 1 aromatic carbocycles. The molecule has 0 aliphatic heterocycles. The summed E-state index contributed by atoms with van der Waals surface area (Å²) < 4.78 is 11.1. The lowest BCUT2D eigenvalue weighted by Gasteiger charge is -2.25. The van der Waals surface area contributed by atoms with Crippen LogP contribution in [0.15, 0.2) is 24.3 Å². The molecule has 2 atom stereocenters. The molecule has 2 rings (SSSR count). The first-order valence-electron chi connectivity index (χ1n) is 12.3. The highest BCUT2D eigenvalue weighted by atomic mass is 16.6. The summed E-state index contributed by atoms with van der Waals surface area (Å²) in [4.78, 5) is 41.2. The minimum Gasteiger partial charge on any atom is -0.494 e. The number of amides is 2. The number of alkyl carbamates (subject to hydrolysis) is 1. The first-order chi connectivity index (χ1) is 17.1. The number of aromatic amines is 1. The highest BCUT2D eigenvalue weighted by Crippen LogP contribution is 2.30. The standard InChI is InChI=1S/C27H39N3O7/c1-14(2)22(23(32)21-16(5)24(33)30-25(21)34)29-20(31)13-19(28-26(35)37-27(6,7)8)17-9-11-18(12-10-17)36-15(3)4/h9-12,14-15,19,22,30,33-34H,13H2,1-8H3,(H,28,35)(H,29,31)/t19-,22-/m0/s1. The van der Waals surface area contributed by atoms with E-state index in [-0.39, 0.29) is 35.4 Å². The minimum absolute atomic E-state index is 0.0113. The summed E-state index contributed by atoms with van der Waals surface area (Å²) in [5.41, 5.74) is 0.0213. The van der Waals surface area contributed by atoms with Crippen LogP contribution in [0.1, 0.15) is 82.4 Å². The van der Waals surface area contributed by atoms with Crippen molar-refractivity contribution in [1.29, 1.82) is 0 Å². The molecular weight excluding hydrogens is 478 g/mol. The third-order valence-electron chi connectivity index (χ3n) is 5.45. The molecular formula is C27H39N3O7. The summed E-state index contributed by atoms with van der Waals surface area (Å²) in [5.74, 6) is -1.49. The fourth-order valence-corrected chi connectivity index (χ4v) is 3.73. The number of carbonyl (C=O) groups is 3. The summed E-state index contributed by atoms with van der Waals surface area (Å²) in [6.45, 7) is 14.0. The lowest BCUT2D eigenvalue weighted by Crippen LogP contribution is -2.46. The van der Waals surface area contributed by atoms with Crippen LogP contribution >= 0.6 is 0 Å². The van der Waals surface area contributed by atoms with E-state index in [2.05, 4.69) is 15.6 Å². The van der Waals surface area contributed by atoms with Crippen molar-refractivity contribution in [1.82, 2.24) is 15.6 Å². The molecule has 10 heteroatoms. The molecule has 204 valence electrons. The summed E-state index contributed by atoms with van der Waals surface area (Å²) in [7, 11) is 0. The molecule has 0 saturated carbocycles. The first kappa shape index (κ1) is 29.5. The van der Waals surface area contributed by atoms with Gasteiger partial charge in [-0.1, -0.05) is 26.0 Å². The van der Waals surface area contributed by atoms with Gasteiger partial charge in [0, 0.05) is 5.56 Å². The molecule has 0 bridgehead atoms. The second-order valence-corrected chi connectivity index (χ2v) is 10.6. The van der Waals surface area contributed by atoms with Gasteiger partial charge in [-0.2, -0.15) is 0 Å². The number of benzene rings is 1. The monoisotopic (exact) mass is 517 g/mol. The Morgan fingerprint density at radius 3 is 2.03 bits per heavy atom. The second-order valence-electron chi connectivity index (χ2n) is 10.6. The van der Waals surface area contributed by atoms with Gasteiger partial charge in [0.2, 0.25) is 11.8 Å². The van der Waals surface area contributed by atoms with Crippen molar-refractivity contribution in [3.8, 4) is 17.5 Å². The molecule has 0 fully saturated rings. The predicted octanol–water partition coefficient (Wildman–Crippen LogP) is 4.50. The van der Waals surface area contributed by atoms with E-state index in [0.29, 0.717) is 11.3 Å². The molecule has 0 unspecified atom stereocenters. The van der Waals surface area contributed by atoms with E-state index in [9.17, 15) is 24.6 Å². The molecule has 0 radical (unpaired) electrons. The van der Waals surface area contributed by atoms with Gasteiger partial charge >= 0.3 is 6.09 Å². The van der Waals surface area contributed by atoms with Crippen LogP contribution in [0.25, 0.3) is 0 Å². The van der Waals surface area contributed by atoms with Gasteiger partial charge in [-0.25, -0.2) is 4.79 Å². The first-order valence-corrected chi connectivity index (χ1v) is 12.3. The maximum absolute atomic E-state index is 13.2. The normalized spacial score (nSPS) is 13.2. The van der Waals surface area contributed by atoms with Gasteiger partial charge in [-0.3, -0.25) is 14.6 Å². The quantitative estimate of drug-likeness (QED) is 0.291. The average Bonchev–Trinajstić information content (AvgIpc) is 3.01. The Bertz CT molecular complexity index is 1100. The smallest absolute Gasteiger partial charge is 0.408 e. The number of hydrogen-bond donors (Lipinski definition) is 5. The van der Waals surface area contributed by atoms with E-state index in [1.54, 1.807) is 58.9 Å². The largest absolute Gasteiger partial charge is 0.494 e. The van der Waals surface area contributed by atoms with Crippen LogP contribution in [0, 0.1) is 12.8 Å². The maximum atomic E-state index is 13.2. The van der Waals surface area contributed by atoms with Crippen LogP contribution in [0.3, 0.4) is 0 Å². The van der Waals surface area contributed by atoms with Crippen LogP contribution in [-0.4, -0.2) is 50.7 Å². The topological polar surface area (TPSA) is 150 Å². The van der Waals surface area contributed by atoms with Crippen molar-refractivity contribution < 1.29 is 34.1 Å². The number of carbonyl (C=O) groups excluding carboxylic acids is 3. The van der Waals surface area contributed by atoms with Crippen LogP contribution in [0.4, 0.5) is 4.79 Å². The summed E-state index contributed by atoms with van der Waals surface area (Å²) >= 11 is 0. The number of nitrogens with one attached hydrogen (secondary N) is 3. The fourth-order valence-electron chi connectivity index (χ4n) is 3.73. The summed E-state index contributed by atoms with van der Waals surface area (Å²) in [6, 6.07) is 5.28. The Hall–Kier alpha value is -3.69. The van der Waals surface area contributed by atoms with Gasteiger partial charge in [0.15, 0.2) is 11.7 Å². The molecule has 0 aliphatic rings. The maximum Gasteiger partial charge on any atom is 0.408 e. The molecule has 2 amide bonds. The number of ketones is 1. The Kier molecular flexibility index (Phi) is 9.61. The van der Waals surface area contributed by atoms with Crippen LogP contribution in [0.2, 0.25) is 0 Å². The van der Waals surface area contributed by atoms with Gasteiger partial charge < -0.3 is 30.3 Å². The van der Waals surface area contributed by atoms with E-state index in [1.807, 2.05) is 13.8 Å². The molecule has 0 aliphatic carbocycles. The number of aromatic nitrogens is 1. The Labute approximate surface area is 217 Å². The lowest BCUT2D eigenvalue weighted by molar-refractivity contribution is -0.122. The Morgan fingerprint density at radius 2 is 1.57 bits per heavy atom. The summed E-state index contributed by atoms with van der Waals surface area (Å²) in [5, 5.41) is 25.4. The van der Waals surface area contributed by atoms with Gasteiger partial charge in [-0.05, 0) is 65.2 Å². The predicted molar refractivity (Wildman–Crippen MR) is 139 cm³/mol. The zero-order chi connectivity index (χ0) is 28.1. The van der Waals surface area contributed by atoms with Crippen molar-refractivity contribution in [2.45, 2.75) is 85.6 Å². The number of aromatic hydroxyl groups is 2. The van der Waals surface area contributed by atoms with Crippen molar-refractivity contribution in [3.05, 3.63) is 41.0 Å². The number of hydrogen-bond acceptors (Lipinski definition) is 7. The lowest BCUT2D eigenvalue weighted by atomic mass is 9.93. The molecule has 0 saturated heterocycles. The zero-order valence-corrected chi connectivity index (χ0v) is 22.8. The third kappa shape index (κ3) is 8.44. The fraction of sp³-hybridized carbons (Fsp3) is 0.519. The van der Waals surface area contributed by atoms with E-state index in [0.717, 1.165) is 0 Å². The second kappa shape index (κ2) is 12.0. The zero-order valence-electron chi connectivity index (χ0n) is 22.8. The van der Waals surface area contributed by atoms with Gasteiger partial charge in [0.05, 0.1) is 30.2 Å². The van der Waals surface area contributed by atoms with E-state index in [4.69, 9.17) is 9.47 Å². The van der Waals surface area contributed by atoms with Gasteiger partial charge in [0.1, 0.15) is 11.4 Å². The van der Waals surface area contributed by atoms with Crippen LogP contribution in [-0.2, 0) is 9.53 Å². The van der Waals surface area contributed by atoms with Crippen molar-refractivity contribution in [3.63, 3.8) is 0 Å².